The highest BCUT2D eigenvalue weighted by Gasteiger charge is 2.30. The first-order chi connectivity index (χ1) is 33.5. The molecular weight excluding hydrogens is 867 g/mol. The Labute approximate surface area is 420 Å². The molecule has 0 aliphatic heterocycles. The molecule has 358 valence electrons. The van der Waals surface area contributed by atoms with Gasteiger partial charge in [-0.15, -0.1) is 0 Å². The molecule has 5 heteroatoms. The summed E-state index contributed by atoms with van der Waals surface area (Å²) in [4.78, 5) is 10.8. The number of phenolic OH excluding ortho intramolecular Hbond substituents is 1. The number of aryl methyl sites for hydroxylation is 2. The van der Waals surface area contributed by atoms with Crippen LogP contribution in [0.1, 0.15) is 116 Å². The van der Waals surface area contributed by atoms with Gasteiger partial charge in [0.25, 0.3) is 0 Å². The van der Waals surface area contributed by atoms with E-state index in [9.17, 15) is 5.11 Å². The molecule has 0 bridgehead atoms. The molecule has 7 aromatic carbocycles. The molecule has 0 saturated carbocycles. The number of phenols is 1. The Morgan fingerprint density at radius 3 is 1.87 bits per heavy atom. The van der Waals surface area contributed by atoms with Crippen LogP contribution in [0.25, 0.3) is 94.7 Å². The van der Waals surface area contributed by atoms with Crippen LogP contribution >= 0.6 is 0 Å². The first-order valence-corrected chi connectivity index (χ1v) is 25.1. The zero-order chi connectivity index (χ0) is 50.5. The number of para-hydroxylation sites is 2. The fourth-order valence-electron chi connectivity index (χ4n) is 10.4. The molecule has 0 amide bonds. The lowest BCUT2D eigenvalue weighted by Crippen LogP contribution is -2.17. The van der Waals surface area contributed by atoms with Gasteiger partial charge in [-0.05, 0) is 141 Å². The summed E-state index contributed by atoms with van der Waals surface area (Å²) in [6.07, 6.45) is 1.93. The zero-order valence-electron chi connectivity index (χ0n) is 44.1. The van der Waals surface area contributed by atoms with Crippen molar-refractivity contribution < 1.29 is 9.52 Å². The van der Waals surface area contributed by atoms with Gasteiger partial charge in [-0.3, -0.25) is 9.55 Å². The van der Waals surface area contributed by atoms with E-state index in [0.29, 0.717) is 11.4 Å². The number of hydrogen-bond donors (Lipinski definition) is 1. The molecule has 71 heavy (non-hydrogen) atoms. The van der Waals surface area contributed by atoms with Crippen molar-refractivity contribution in [1.29, 1.82) is 0 Å². The lowest BCUT2D eigenvalue weighted by atomic mass is 9.79. The fourth-order valence-corrected chi connectivity index (χ4v) is 10.4. The lowest BCUT2D eigenvalue weighted by molar-refractivity contribution is 0.446. The Bertz CT molecular complexity index is 3710. The monoisotopic (exact) mass is 934 g/mol. The minimum Gasteiger partial charge on any atom is -0.507 e. The molecule has 3 heterocycles. The van der Waals surface area contributed by atoms with E-state index in [0.717, 1.165) is 100.0 Å². The van der Waals surface area contributed by atoms with Crippen LogP contribution in [0.4, 0.5) is 0 Å². The first kappa shape index (κ1) is 47.4. The zero-order valence-corrected chi connectivity index (χ0v) is 44.1. The third-order valence-electron chi connectivity index (χ3n) is 14.5. The summed E-state index contributed by atoms with van der Waals surface area (Å²) in [5.74, 6) is 0.945. The van der Waals surface area contributed by atoms with Crippen LogP contribution < -0.4 is 0 Å². The lowest BCUT2D eigenvalue weighted by Gasteiger charge is -2.28. The van der Waals surface area contributed by atoms with Crippen molar-refractivity contribution in [1.82, 2.24) is 14.5 Å². The van der Waals surface area contributed by atoms with E-state index in [1.807, 2.05) is 18.3 Å². The van der Waals surface area contributed by atoms with Gasteiger partial charge in [-0.1, -0.05) is 162 Å². The van der Waals surface area contributed by atoms with Crippen molar-refractivity contribution in [2.45, 2.75) is 119 Å². The fraction of sp³-hybridized carbons (Fsp3) is 0.273. The summed E-state index contributed by atoms with van der Waals surface area (Å²) in [6.45, 7) is 31.2. The van der Waals surface area contributed by atoms with Gasteiger partial charge < -0.3 is 9.52 Å². The van der Waals surface area contributed by atoms with Gasteiger partial charge in [0.1, 0.15) is 22.7 Å². The minimum absolute atomic E-state index is 0.0834. The van der Waals surface area contributed by atoms with Crippen LogP contribution in [0.2, 0.25) is 0 Å². The predicted octanol–water partition coefficient (Wildman–Crippen LogP) is 18.2. The van der Waals surface area contributed by atoms with E-state index in [-0.39, 0.29) is 27.4 Å². The highest BCUT2D eigenvalue weighted by Crippen LogP contribution is 2.47. The Morgan fingerprint density at radius 2 is 1.17 bits per heavy atom. The number of aromatic hydroxyl groups is 1. The number of nitrogens with zero attached hydrogens (tertiary/aromatic N) is 3. The summed E-state index contributed by atoms with van der Waals surface area (Å²) in [5.41, 5.74) is 19.7. The summed E-state index contributed by atoms with van der Waals surface area (Å²) >= 11 is 0. The number of rotatable bonds is 6. The summed E-state index contributed by atoms with van der Waals surface area (Å²) in [7, 11) is 0. The van der Waals surface area contributed by atoms with Gasteiger partial charge in [-0.25, -0.2) is 4.98 Å². The van der Waals surface area contributed by atoms with Crippen LogP contribution in [0.15, 0.2) is 150 Å². The molecule has 10 aromatic rings. The highest BCUT2D eigenvalue weighted by molar-refractivity contribution is 6.08. The van der Waals surface area contributed by atoms with Crippen LogP contribution in [-0.4, -0.2) is 19.6 Å². The van der Waals surface area contributed by atoms with Gasteiger partial charge >= 0.3 is 0 Å². The van der Waals surface area contributed by atoms with E-state index >= 15 is 0 Å². The number of hydrogen-bond acceptors (Lipinski definition) is 4. The maximum absolute atomic E-state index is 12.6. The Morgan fingerprint density at radius 1 is 0.507 bits per heavy atom. The summed E-state index contributed by atoms with van der Waals surface area (Å²) in [6, 6.07) is 50.2. The number of imidazole rings is 1. The summed E-state index contributed by atoms with van der Waals surface area (Å²) < 4.78 is 8.79. The average molecular weight is 934 g/mol. The molecule has 0 spiro atoms. The molecule has 0 radical (unpaired) electrons. The van der Waals surface area contributed by atoms with Gasteiger partial charge in [0.15, 0.2) is 0 Å². The number of benzene rings is 7. The Kier molecular flexibility index (Phi) is 11.3. The van der Waals surface area contributed by atoms with Gasteiger partial charge in [0.05, 0.1) is 28.0 Å². The molecule has 0 fully saturated rings. The van der Waals surface area contributed by atoms with Crippen molar-refractivity contribution >= 4 is 33.0 Å². The van der Waals surface area contributed by atoms with Crippen LogP contribution in [0, 0.1) is 13.8 Å². The average Bonchev–Trinajstić information content (AvgIpc) is 3.89. The molecular formula is C66H67N3O2. The second-order valence-electron chi connectivity index (χ2n) is 23.9. The molecule has 0 aliphatic carbocycles. The normalized spacial score (nSPS) is 12.7. The molecule has 5 nitrogen and oxygen atoms in total. The number of aromatic nitrogens is 3. The molecule has 0 unspecified atom stereocenters. The van der Waals surface area contributed by atoms with E-state index in [1.54, 1.807) is 0 Å². The Hall–Kier alpha value is -7.24. The van der Waals surface area contributed by atoms with Crippen LogP contribution in [-0.2, 0) is 21.7 Å². The molecule has 0 aliphatic rings. The maximum atomic E-state index is 12.6. The van der Waals surface area contributed by atoms with Gasteiger partial charge in [-0.2, -0.15) is 0 Å². The molecule has 0 saturated heterocycles. The standard InChI is InChI=1S/C66H67N3O2/c1-39-31-51-49-23-18-19-26-57(49)71-61(51)40(2)58(39)42-29-30-67-54(35-42)44-32-43(33-46(34-44)64(6,7)8)48-24-20-25-56-59(48)68-62(52-37-47(65(9,10)11)38-53(60(52)70)66(12,13)14)69(56)55-28-27-45(63(3,4)5)36-50(55)41-21-16-15-17-22-41/h15-38,70H,1-14H3. The molecule has 3 aromatic heterocycles. The smallest absolute Gasteiger partial charge is 0.149 e. The molecule has 1 N–H and O–H groups in total. The second kappa shape index (κ2) is 17.0. The number of fused-ring (bicyclic) bond motifs is 4. The van der Waals surface area contributed by atoms with E-state index in [1.165, 1.54) is 16.7 Å². The predicted molar refractivity (Wildman–Crippen MR) is 299 cm³/mol. The quantitative estimate of drug-likeness (QED) is 0.180. The van der Waals surface area contributed by atoms with Crippen molar-refractivity contribution in [3.63, 3.8) is 0 Å². The SMILES string of the molecule is Cc1cc2c(oc3ccccc32)c(C)c1-c1ccnc(-c2cc(-c3cccc4c3nc(-c3cc(C(C)(C)C)cc(C(C)(C)C)c3O)n4-c3ccc(C(C)(C)C)cc3-c3ccccc3)cc(C(C)(C)C)c2)c1. The molecule has 0 atom stereocenters. The maximum Gasteiger partial charge on any atom is 0.149 e. The van der Waals surface area contributed by atoms with Crippen molar-refractivity contribution in [3.8, 4) is 67.5 Å². The third kappa shape index (κ3) is 8.54. The molecule has 10 rings (SSSR count). The van der Waals surface area contributed by atoms with E-state index in [2.05, 4.69) is 229 Å². The van der Waals surface area contributed by atoms with Crippen LogP contribution in [0.5, 0.6) is 5.75 Å². The van der Waals surface area contributed by atoms with Crippen molar-refractivity contribution in [2.75, 3.05) is 0 Å². The van der Waals surface area contributed by atoms with E-state index < -0.39 is 0 Å². The minimum atomic E-state index is -0.335. The van der Waals surface area contributed by atoms with E-state index in [4.69, 9.17) is 14.4 Å². The topological polar surface area (TPSA) is 64.1 Å². The second-order valence-corrected chi connectivity index (χ2v) is 23.9. The number of pyridine rings is 1. The van der Waals surface area contributed by atoms with Gasteiger partial charge in [0.2, 0.25) is 0 Å². The largest absolute Gasteiger partial charge is 0.507 e. The third-order valence-corrected chi connectivity index (χ3v) is 14.5. The Balaban J connectivity index is 1.23. The number of furan rings is 1. The van der Waals surface area contributed by atoms with Gasteiger partial charge in [0, 0.05) is 44.8 Å². The summed E-state index contributed by atoms with van der Waals surface area (Å²) in [5, 5.41) is 14.9. The first-order valence-electron chi connectivity index (χ1n) is 25.1. The van der Waals surface area contributed by atoms with Crippen molar-refractivity contribution in [3.05, 3.63) is 179 Å². The van der Waals surface area contributed by atoms with Crippen LogP contribution in [0.3, 0.4) is 0 Å². The van der Waals surface area contributed by atoms with Crippen molar-refractivity contribution in [2.24, 2.45) is 0 Å². The highest BCUT2D eigenvalue weighted by atomic mass is 16.3.